The average Bonchev–Trinajstić information content (AvgIpc) is 3.07. The number of methoxy groups -OCH3 is 1. The predicted molar refractivity (Wildman–Crippen MR) is 104 cm³/mol. The number of hydrogen-bond acceptors (Lipinski definition) is 5. The van der Waals surface area contributed by atoms with E-state index >= 15 is 0 Å². The first-order valence-electron chi connectivity index (χ1n) is 7.87. The van der Waals surface area contributed by atoms with E-state index in [0.29, 0.717) is 25.7 Å². The maximum absolute atomic E-state index is 11.4. The first kappa shape index (κ1) is 22.7. The second-order valence-corrected chi connectivity index (χ2v) is 5.06. The standard InChI is InChI=1S/C16H27N3O4.HI/c1-4-17-16(19-11-13(2)15(20)21-3)18-8-6-9-22-12-14-7-5-10-23-14;/h5,7,10,13H,4,6,8-9,11-12H2,1-3H3,(H2,17,18,19);1H. The van der Waals surface area contributed by atoms with E-state index in [-0.39, 0.29) is 35.9 Å². The van der Waals surface area contributed by atoms with Crippen molar-refractivity contribution in [1.29, 1.82) is 0 Å². The molecule has 2 N–H and O–H groups in total. The summed E-state index contributed by atoms with van der Waals surface area (Å²) in [6, 6.07) is 3.73. The number of nitrogens with zero attached hydrogens (tertiary/aromatic N) is 1. The Morgan fingerprint density at radius 1 is 1.42 bits per heavy atom. The first-order valence-corrected chi connectivity index (χ1v) is 7.87. The molecule has 1 heterocycles. The summed E-state index contributed by atoms with van der Waals surface area (Å²) in [6.07, 6.45) is 2.48. The number of esters is 1. The molecule has 1 atom stereocenters. The van der Waals surface area contributed by atoms with Crippen molar-refractivity contribution < 1.29 is 18.7 Å². The Morgan fingerprint density at radius 2 is 2.21 bits per heavy atom. The minimum absolute atomic E-state index is 0. The van der Waals surface area contributed by atoms with Crippen molar-refractivity contribution in [3.05, 3.63) is 24.2 Å². The minimum atomic E-state index is -0.257. The third kappa shape index (κ3) is 9.76. The number of furan rings is 1. The summed E-state index contributed by atoms with van der Waals surface area (Å²) >= 11 is 0. The molecule has 24 heavy (non-hydrogen) atoms. The number of rotatable bonds is 10. The van der Waals surface area contributed by atoms with Gasteiger partial charge in [0.05, 0.1) is 25.8 Å². The summed E-state index contributed by atoms with van der Waals surface area (Å²) in [7, 11) is 1.38. The highest BCUT2D eigenvalue weighted by molar-refractivity contribution is 14.0. The van der Waals surface area contributed by atoms with Crippen molar-refractivity contribution >= 4 is 35.9 Å². The molecule has 8 heteroatoms. The van der Waals surface area contributed by atoms with Crippen LogP contribution in [0.1, 0.15) is 26.0 Å². The van der Waals surface area contributed by atoms with Crippen molar-refractivity contribution in [2.45, 2.75) is 26.9 Å². The molecule has 0 aliphatic heterocycles. The van der Waals surface area contributed by atoms with Gasteiger partial charge in [0.25, 0.3) is 0 Å². The highest BCUT2D eigenvalue weighted by Crippen LogP contribution is 2.01. The van der Waals surface area contributed by atoms with Crippen LogP contribution in [0, 0.1) is 5.92 Å². The van der Waals surface area contributed by atoms with Gasteiger partial charge in [-0.1, -0.05) is 6.92 Å². The van der Waals surface area contributed by atoms with Gasteiger partial charge in [0, 0.05) is 19.7 Å². The van der Waals surface area contributed by atoms with E-state index in [1.165, 1.54) is 7.11 Å². The molecule has 0 fully saturated rings. The molecule has 0 spiro atoms. The molecule has 138 valence electrons. The summed E-state index contributed by atoms with van der Waals surface area (Å²) in [5, 5.41) is 6.35. The fourth-order valence-corrected chi connectivity index (χ4v) is 1.79. The van der Waals surface area contributed by atoms with Gasteiger partial charge in [-0.15, -0.1) is 24.0 Å². The normalized spacial score (nSPS) is 12.2. The number of halogens is 1. The highest BCUT2D eigenvalue weighted by atomic mass is 127. The van der Waals surface area contributed by atoms with Crippen LogP contribution >= 0.6 is 24.0 Å². The second kappa shape index (κ2) is 14.1. The zero-order chi connectivity index (χ0) is 16.9. The van der Waals surface area contributed by atoms with E-state index in [2.05, 4.69) is 20.4 Å². The van der Waals surface area contributed by atoms with Crippen LogP contribution in [0.2, 0.25) is 0 Å². The van der Waals surface area contributed by atoms with Crippen molar-refractivity contribution in [3.8, 4) is 0 Å². The Kier molecular flexibility index (Phi) is 13.3. The lowest BCUT2D eigenvalue weighted by Gasteiger charge is -2.12. The molecule has 0 aliphatic rings. The van der Waals surface area contributed by atoms with Crippen molar-refractivity contribution in [1.82, 2.24) is 10.6 Å². The maximum atomic E-state index is 11.4. The maximum Gasteiger partial charge on any atom is 0.310 e. The van der Waals surface area contributed by atoms with Gasteiger partial charge in [0.2, 0.25) is 0 Å². The highest BCUT2D eigenvalue weighted by Gasteiger charge is 2.12. The van der Waals surface area contributed by atoms with Crippen LogP contribution in [0.4, 0.5) is 0 Å². The van der Waals surface area contributed by atoms with E-state index in [1.54, 1.807) is 13.2 Å². The van der Waals surface area contributed by atoms with Crippen molar-refractivity contribution in [3.63, 3.8) is 0 Å². The topological polar surface area (TPSA) is 85.1 Å². The Balaban J connectivity index is 0.00000529. The third-order valence-electron chi connectivity index (χ3n) is 3.05. The van der Waals surface area contributed by atoms with Gasteiger partial charge in [0.15, 0.2) is 5.96 Å². The molecule has 7 nitrogen and oxygen atoms in total. The number of aliphatic imine (C=N–C) groups is 1. The van der Waals surface area contributed by atoms with Crippen LogP contribution < -0.4 is 10.6 Å². The molecule has 0 aromatic carbocycles. The second-order valence-electron chi connectivity index (χ2n) is 5.06. The van der Waals surface area contributed by atoms with Gasteiger partial charge < -0.3 is 24.5 Å². The number of carbonyl (C=O) groups excluding carboxylic acids is 1. The van der Waals surface area contributed by atoms with Gasteiger partial charge >= 0.3 is 5.97 Å². The van der Waals surface area contributed by atoms with Crippen molar-refractivity contribution in [2.75, 3.05) is 33.4 Å². The number of hydrogen-bond donors (Lipinski definition) is 2. The molecule has 1 unspecified atom stereocenters. The molecule has 0 saturated heterocycles. The van der Waals surface area contributed by atoms with Gasteiger partial charge in [-0.05, 0) is 25.5 Å². The van der Waals surface area contributed by atoms with E-state index in [0.717, 1.165) is 25.3 Å². The zero-order valence-corrected chi connectivity index (χ0v) is 16.9. The number of nitrogens with one attached hydrogen (secondary N) is 2. The summed E-state index contributed by atoms with van der Waals surface area (Å²) in [5.41, 5.74) is 0. The van der Waals surface area contributed by atoms with Crippen molar-refractivity contribution in [2.24, 2.45) is 10.9 Å². The molecule has 0 saturated carbocycles. The number of ether oxygens (including phenoxy) is 2. The molecule has 0 amide bonds. The van der Waals surface area contributed by atoms with E-state index in [4.69, 9.17) is 9.15 Å². The monoisotopic (exact) mass is 453 g/mol. The summed E-state index contributed by atoms with van der Waals surface area (Å²) in [4.78, 5) is 15.7. The third-order valence-corrected chi connectivity index (χ3v) is 3.05. The zero-order valence-electron chi connectivity index (χ0n) is 14.5. The molecular formula is C16H28IN3O4. The first-order chi connectivity index (χ1) is 11.2. The molecule has 1 aromatic heterocycles. The van der Waals surface area contributed by atoms with Gasteiger partial charge in [-0.2, -0.15) is 0 Å². The lowest BCUT2D eigenvalue weighted by atomic mass is 10.2. The van der Waals surface area contributed by atoms with Crippen LogP contribution in [-0.2, 0) is 20.9 Å². The molecule has 0 bridgehead atoms. The Labute approximate surface area is 160 Å². The molecule has 1 aromatic rings. The average molecular weight is 453 g/mol. The fourth-order valence-electron chi connectivity index (χ4n) is 1.79. The minimum Gasteiger partial charge on any atom is -0.469 e. The van der Waals surface area contributed by atoms with E-state index < -0.39 is 0 Å². The van der Waals surface area contributed by atoms with E-state index in [1.807, 2.05) is 19.1 Å². The SMILES string of the molecule is CCNC(=NCC(C)C(=O)OC)NCCCOCc1ccco1.I. The lowest BCUT2D eigenvalue weighted by molar-refractivity contribution is -0.144. The molecule has 0 aliphatic carbocycles. The van der Waals surface area contributed by atoms with Crippen LogP contribution in [0.3, 0.4) is 0 Å². The Morgan fingerprint density at radius 3 is 2.83 bits per heavy atom. The smallest absolute Gasteiger partial charge is 0.310 e. The quantitative estimate of drug-likeness (QED) is 0.186. The summed E-state index contributed by atoms with van der Waals surface area (Å²) in [5.74, 6) is 1.00. The van der Waals surface area contributed by atoms with E-state index in [9.17, 15) is 4.79 Å². The van der Waals surface area contributed by atoms with Gasteiger partial charge in [0.1, 0.15) is 12.4 Å². The van der Waals surface area contributed by atoms with Gasteiger partial charge in [-0.3, -0.25) is 9.79 Å². The molecular weight excluding hydrogens is 425 g/mol. The Bertz CT molecular complexity index is 466. The summed E-state index contributed by atoms with van der Waals surface area (Å²) in [6.45, 7) is 6.78. The van der Waals surface area contributed by atoms with Crippen LogP contribution in [-0.4, -0.2) is 45.3 Å². The molecule has 1 rings (SSSR count). The number of carbonyl (C=O) groups is 1. The predicted octanol–water partition coefficient (Wildman–Crippen LogP) is 2.17. The summed E-state index contributed by atoms with van der Waals surface area (Å²) < 4.78 is 15.4. The molecule has 0 radical (unpaired) electrons. The largest absolute Gasteiger partial charge is 0.469 e. The van der Waals surface area contributed by atoms with Crippen LogP contribution in [0.5, 0.6) is 0 Å². The Hall–Kier alpha value is -1.29. The van der Waals surface area contributed by atoms with Crippen LogP contribution in [0.15, 0.2) is 27.8 Å². The number of guanidine groups is 1. The van der Waals surface area contributed by atoms with Crippen LogP contribution in [0.25, 0.3) is 0 Å². The van der Waals surface area contributed by atoms with Gasteiger partial charge in [-0.25, -0.2) is 0 Å². The fraction of sp³-hybridized carbons (Fsp3) is 0.625. The lowest BCUT2D eigenvalue weighted by Crippen LogP contribution is -2.38.